The van der Waals surface area contributed by atoms with Gasteiger partial charge in [0.05, 0.1) is 0 Å². The molecule has 3 rings (SSSR count). The molecule has 2 heterocycles. The maximum atomic E-state index is 6.32. The van der Waals surface area contributed by atoms with Crippen molar-refractivity contribution in [3.8, 4) is 5.75 Å². The molecule has 2 aliphatic rings. The van der Waals surface area contributed by atoms with Gasteiger partial charge in [0, 0.05) is 39.3 Å². The lowest BCUT2D eigenvalue weighted by molar-refractivity contribution is 0.103. The summed E-state index contributed by atoms with van der Waals surface area (Å²) in [7, 11) is 2.19. The Labute approximate surface area is 134 Å². The van der Waals surface area contributed by atoms with E-state index in [0.29, 0.717) is 6.10 Å². The molecule has 0 aromatic heterocycles. The first-order valence-corrected chi connectivity index (χ1v) is 8.67. The topological polar surface area (TPSA) is 27.7 Å². The van der Waals surface area contributed by atoms with Gasteiger partial charge in [-0.05, 0) is 44.5 Å². The van der Waals surface area contributed by atoms with Gasteiger partial charge in [0.25, 0.3) is 0 Å². The molecule has 1 unspecified atom stereocenters. The summed E-state index contributed by atoms with van der Waals surface area (Å²) in [6.07, 6.45) is 3.85. The first-order valence-electron chi connectivity index (χ1n) is 8.67. The normalized spacial score (nSPS) is 24.3. The van der Waals surface area contributed by atoms with E-state index in [-0.39, 0.29) is 0 Å². The van der Waals surface area contributed by atoms with Crippen molar-refractivity contribution in [1.29, 1.82) is 0 Å². The van der Waals surface area contributed by atoms with E-state index < -0.39 is 0 Å². The Kier molecular flexibility index (Phi) is 5.70. The minimum atomic E-state index is 0.346. The van der Waals surface area contributed by atoms with E-state index in [9.17, 15) is 0 Å². The summed E-state index contributed by atoms with van der Waals surface area (Å²) in [5.41, 5.74) is 1.36. The number of likely N-dealkylation sites (tertiary alicyclic amines) is 1. The van der Waals surface area contributed by atoms with Gasteiger partial charge in [-0.15, -0.1) is 0 Å². The van der Waals surface area contributed by atoms with Crippen molar-refractivity contribution in [2.75, 3.05) is 52.9 Å². The Hall–Kier alpha value is -1.10. The second-order valence-electron chi connectivity index (χ2n) is 6.59. The second-order valence-corrected chi connectivity index (χ2v) is 6.59. The van der Waals surface area contributed by atoms with Crippen molar-refractivity contribution in [1.82, 2.24) is 15.1 Å². The van der Waals surface area contributed by atoms with Crippen molar-refractivity contribution in [2.45, 2.75) is 25.4 Å². The van der Waals surface area contributed by atoms with Crippen molar-refractivity contribution in [2.24, 2.45) is 0 Å². The van der Waals surface area contributed by atoms with Crippen LogP contribution in [0.5, 0.6) is 5.75 Å². The third kappa shape index (κ3) is 4.45. The van der Waals surface area contributed by atoms with Crippen LogP contribution in [0.15, 0.2) is 24.3 Å². The van der Waals surface area contributed by atoms with E-state index in [4.69, 9.17) is 4.74 Å². The summed E-state index contributed by atoms with van der Waals surface area (Å²) in [6, 6.07) is 8.59. The number of nitrogens with one attached hydrogen (secondary N) is 1. The quantitative estimate of drug-likeness (QED) is 0.894. The van der Waals surface area contributed by atoms with Crippen LogP contribution < -0.4 is 10.1 Å². The number of ether oxygens (including phenoxy) is 1. The Balaban J connectivity index is 1.57. The maximum Gasteiger partial charge on any atom is 0.123 e. The highest BCUT2D eigenvalue weighted by Gasteiger charge is 2.19. The van der Waals surface area contributed by atoms with Gasteiger partial charge < -0.3 is 19.9 Å². The molecule has 0 amide bonds. The van der Waals surface area contributed by atoms with Crippen LogP contribution in [0.3, 0.4) is 0 Å². The van der Waals surface area contributed by atoms with Crippen molar-refractivity contribution in [3.63, 3.8) is 0 Å². The van der Waals surface area contributed by atoms with Gasteiger partial charge >= 0.3 is 0 Å². The number of likely N-dealkylation sites (N-methyl/N-ethyl adjacent to an activating group) is 1. The first kappa shape index (κ1) is 15.8. The summed E-state index contributed by atoms with van der Waals surface area (Å²) >= 11 is 0. The van der Waals surface area contributed by atoms with Gasteiger partial charge in [0.1, 0.15) is 11.9 Å². The fourth-order valence-corrected chi connectivity index (χ4v) is 3.43. The maximum absolute atomic E-state index is 6.32. The van der Waals surface area contributed by atoms with Gasteiger partial charge in [-0.25, -0.2) is 0 Å². The lowest BCUT2D eigenvalue weighted by Gasteiger charge is -2.31. The number of rotatable bonds is 5. The average molecular weight is 303 g/mol. The standard InChI is InChI=1S/C18H29N3O/c1-20-11-4-6-17(15-20)22-18-7-3-2-5-16(18)8-12-21-13-9-19-10-14-21/h2-3,5,7,17,19H,4,6,8-15H2,1H3. The van der Waals surface area contributed by atoms with Gasteiger partial charge in [-0.1, -0.05) is 18.2 Å². The molecule has 1 N–H and O–H groups in total. The number of piperazine rings is 1. The minimum Gasteiger partial charge on any atom is -0.489 e. The van der Waals surface area contributed by atoms with E-state index in [1.54, 1.807) is 0 Å². The highest BCUT2D eigenvalue weighted by molar-refractivity contribution is 5.33. The Morgan fingerprint density at radius 3 is 2.82 bits per heavy atom. The number of nitrogens with zero attached hydrogens (tertiary/aromatic N) is 2. The molecule has 1 aromatic carbocycles. The molecule has 2 fully saturated rings. The second kappa shape index (κ2) is 7.95. The molecule has 0 radical (unpaired) electrons. The Morgan fingerprint density at radius 1 is 1.18 bits per heavy atom. The number of piperidine rings is 1. The fraction of sp³-hybridized carbons (Fsp3) is 0.667. The van der Waals surface area contributed by atoms with Crippen molar-refractivity contribution in [3.05, 3.63) is 29.8 Å². The highest BCUT2D eigenvalue weighted by atomic mass is 16.5. The van der Waals surface area contributed by atoms with Crippen LogP contribution in [0.4, 0.5) is 0 Å². The van der Waals surface area contributed by atoms with Crippen LogP contribution >= 0.6 is 0 Å². The van der Waals surface area contributed by atoms with Gasteiger partial charge in [0.2, 0.25) is 0 Å². The summed E-state index contributed by atoms with van der Waals surface area (Å²) in [5, 5.41) is 3.41. The van der Waals surface area contributed by atoms with Crippen LogP contribution in [-0.2, 0) is 6.42 Å². The molecular formula is C18H29N3O. The van der Waals surface area contributed by atoms with Crippen LogP contribution in [-0.4, -0.2) is 68.8 Å². The largest absolute Gasteiger partial charge is 0.489 e. The molecule has 0 bridgehead atoms. The van der Waals surface area contributed by atoms with Gasteiger partial charge in [-0.3, -0.25) is 0 Å². The molecule has 2 saturated heterocycles. The third-order valence-corrected chi connectivity index (χ3v) is 4.75. The molecule has 4 heteroatoms. The van der Waals surface area contributed by atoms with E-state index in [1.807, 2.05) is 0 Å². The summed E-state index contributed by atoms with van der Waals surface area (Å²) in [6.45, 7) is 7.94. The van der Waals surface area contributed by atoms with Gasteiger partial charge in [-0.2, -0.15) is 0 Å². The first-order chi connectivity index (χ1) is 10.8. The molecule has 0 aliphatic carbocycles. The molecule has 0 saturated carbocycles. The number of hydrogen-bond donors (Lipinski definition) is 1. The van der Waals surface area contributed by atoms with E-state index >= 15 is 0 Å². The zero-order valence-electron chi connectivity index (χ0n) is 13.8. The van der Waals surface area contributed by atoms with Crippen LogP contribution in [0, 0.1) is 0 Å². The predicted molar refractivity (Wildman–Crippen MR) is 90.6 cm³/mol. The summed E-state index contributed by atoms with van der Waals surface area (Å²) < 4.78 is 6.32. The van der Waals surface area contributed by atoms with E-state index in [1.165, 1.54) is 24.9 Å². The molecule has 4 nitrogen and oxygen atoms in total. The lowest BCUT2D eigenvalue weighted by Crippen LogP contribution is -2.44. The minimum absolute atomic E-state index is 0.346. The number of benzene rings is 1. The Morgan fingerprint density at radius 2 is 2.00 bits per heavy atom. The molecule has 2 aliphatic heterocycles. The van der Waals surface area contributed by atoms with Crippen LogP contribution in [0.2, 0.25) is 0 Å². The molecule has 0 spiro atoms. The Bertz CT molecular complexity index is 459. The van der Waals surface area contributed by atoms with Crippen molar-refractivity contribution >= 4 is 0 Å². The van der Waals surface area contributed by atoms with Crippen molar-refractivity contribution < 1.29 is 4.74 Å². The molecule has 22 heavy (non-hydrogen) atoms. The zero-order chi connectivity index (χ0) is 15.2. The summed E-state index contributed by atoms with van der Waals surface area (Å²) in [4.78, 5) is 4.92. The van der Waals surface area contributed by atoms with E-state index in [2.05, 4.69) is 46.4 Å². The highest BCUT2D eigenvalue weighted by Crippen LogP contribution is 2.23. The van der Waals surface area contributed by atoms with Crippen LogP contribution in [0.1, 0.15) is 18.4 Å². The third-order valence-electron chi connectivity index (χ3n) is 4.75. The molecule has 1 aromatic rings. The van der Waals surface area contributed by atoms with Gasteiger partial charge in [0.15, 0.2) is 0 Å². The monoisotopic (exact) mass is 303 g/mol. The number of hydrogen-bond acceptors (Lipinski definition) is 4. The van der Waals surface area contributed by atoms with Crippen LogP contribution in [0.25, 0.3) is 0 Å². The SMILES string of the molecule is CN1CCCC(Oc2ccccc2CCN2CCNCC2)C1. The molecular weight excluding hydrogens is 274 g/mol. The lowest BCUT2D eigenvalue weighted by atomic mass is 10.1. The molecule has 1 atom stereocenters. The smallest absolute Gasteiger partial charge is 0.123 e. The summed E-state index contributed by atoms with van der Waals surface area (Å²) in [5.74, 6) is 1.10. The zero-order valence-corrected chi connectivity index (χ0v) is 13.8. The van der Waals surface area contributed by atoms with E-state index in [0.717, 1.165) is 51.4 Å². The predicted octanol–water partition coefficient (Wildman–Crippen LogP) is 1.61. The molecule has 122 valence electrons. The fourth-order valence-electron chi connectivity index (χ4n) is 3.43. The average Bonchev–Trinajstić information content (AvgIpc) is 2.55. The number of para-hydroxylation sites is 1.